The number of rotatable bonds is 5. The normalized spacial score (nSPS) is 11.2. The number of anilines is 2. The number of amides is 1. The Balaban J connectivity index is 1.67. The van der Waals surface area contributed by atoms with Crippen molar-refractivity contribution in [3.8, 4) is 0 Å². The summed E-state index contributed by atoms with van der Waals surface area (Å²) >= 11 is 1.44. The number of hydrogen-bond acceptors (Lipinski definition) is 7. The third kappa shape index (κ3) is 2.87. The van der Waals surface area contributed by atoms with Crippen LogP contribution in [0.5, 0.6) is 0 Å². The monoisotopic (exact) mass is 367 g/mol. The fraction of sp³-hybridized carbons (Fsp3) is 0.176. The average molecular weight is 367 g/mol. The summed E-state index contributed by atoms with van der Waals surface area (Å²) in [5, 5.41) is 7.77. The minimum Gasteiger partial charge on any atom is -0.353 e. The summed E-state index contributed by atoms with van der Waals surface area (Å²) in [6, 6.07) is 5.69. The van der Waals surface area contributed by atoms with Crippen LogP contribution in [0.25, 0.3) is 21.3 Å². The van der Waals surface area contributed by atoms with Crippen LogP contribution < -0.4 is 16.4 Å². The van der Waals surface area contributed by atoms with Crippen LogP contribution in [0.15, 0.2) is 36.1 Å². The maximum Gasteiger partial charge on any atom is 0.258 e. The van der Waals surface area contributed by atoms with Crippen LogP contribution in [-0.4, -0.2) is 38.5 Å². The van der Waals surface area contributed by atoms with E-state index in [4.69, 9.17) is 5.73 Å². The number of imidazole rings is 1. The molecule has 0 bridgehead atoms. The Morgan fingerprint density at radius 2 is 2.19 bits per heavy atom. The predicted molar refractivity (Wildman–Crippen MR) is 104 cm³/mol. The Morgan fingerprint density at radius 3 is 3.04 bits per heavy atom. The van der Waals surface area contributed by atoms with Crippen LogP contribution in [0.4, 0.5) is 11.6 Å². The van der Waals surface area contributed by atoms with Crippen molar-refractivity contribution in [1.29, 1.82) is 0 Å². The highest BCUT2D eigenvalue weighted by Gasteiger charge is 2.16. The smallest absolute Gasteiger partial charge is 0.258 e. The molecule has 9 heteroatoms. The van der Waals surface area contributed by atoms with Gasteiger partial charge in [0.15, 0.2) is 0 Å². The van der Waals surface area contributed by atoms with Crippen molar-refractivity contribution in [1.82, 2.24) is 19.5 Å². The maximum absolute atomic E-state index is 12.8. The molecular formula is C17H17N7OS. The van der Waals surface area contributed by atoms with Crippen LogP contribution in [0.3, 0.4) is 0 Å². The number of carbonyl (C=O) groups is 1. The van der Waals surface area contributed by atoms with Crippen LogP contribution in [-0.2, 0) is 7.05 Å². The molecule has 132 valence electrons. The van der Waals surface area contributed by atoms with Crippen molar-refractivity contribution in [2.24, 2.45) is 12.8 Å². The summed E-state index contributed by atoms with van der Waals surface area (Å²) in [7, 11) is 1.92. The molecule has 0 saturated carbocycles. The lowest BCUT2D eigenvalue weighted by atomic mass is 10.2. The molecule has 4 rings (SSSR count). The van der Waals surface area contributed by atoms with Gasteiger partial charge in [0.2, 0.25) is 5.95 Å². The first kappa shape index (κ1) is 16.4. The van der Waals surface area contributed by atoms with Crippen molar-refractivity contribution >= 4 is 50.1 Å². The van der Waals surface area contributed by atoms with Crippen molar-refractivity contribution in [3.05, 3.63) is 41.7 Å². The molecule has 0 aliphatic carbocycles. The van der Waals surface area contributed by atoms with Crippen molar-refractivity contribution in [3.63, 3.8) is 0 Å². The lowest BCUT2D eigenvalue weighted by molar-refractivity contribution is 0.102. The van der Waals surface area contributed by atoms with Crippen LogP contribution in [0.1, 0.15) is 10.4 Å². The Hall–Kier alpha value is -3.04. The van der Waals surface area contributed by atoms with Crippen LogP contribution in [0.2, 0.25) is 0 Å². The largest absolute Gasteiger partial charge is 0.353 e. The minimum atomic E-state index is -0.224. The molecule has 0 radical (unpaired) electrons. The first-order valence-corrected chi connectivity index (χ1v) is 8.95. The number of benzene rings is 1. The molecule has 1 amide bonds. The average Bonchev–Trinajstić information content (AvgIpc) is 3.24. The number of hydrogen-bond donors (Lipinski definition) is 3. The second-order valence-corrected chi connectivity index (χ2v) is 6.67. The molecule has 3 aromatic heterocycles. The molecule has 0 atom stereocenters. The number of thiophene rings is 1. The Labute approximate surface area is 153 Å². The van der Waals surface area contributed by atoms with E-state index in [1.165, 1.54) is 11.3 Å². The zero-order valence-corrected chi connectivity index (χ0v) is 14.9. The summed E-state index contributed by atoms with van der Waals surface area (Å²) in [6.45, 7) is 1.05. The predicted octanol–water partition coefficient (Wildman–Crippen LogP) is 2.20. The molecule has 0 saturated heterocycles. The Morgan fingerprint density at radius 1 is 1.31 bits per heavy atom. The van der Waals surface area contributed by atoms with Gasteiger partial charge >= 0.3 is 0 Å². The van der Waals surface area contributed by atoms with Crippen molar-refractivity contribution < 1.29 is 4.79 Å². The number of para-hydroxylation sites is 1. The van der Waals surface area contributed by atoms with Crippen molar-refractivity contribution in [2.75, 3.05) is 23.7 Å². The van der Waals surface area contributed by atoms with Gasteiger partial charge in [-0.05, 0) is 12.1 Å². The third-order valence-electron chi connectivity index (χ3n) is 3.99. The third-order valence-corrected chi connectivity index (χ3v) is 4.90. The lowest BCUT2D eigenvalue weighted by Crippen LogP contribution is -2.15. The van der Waals surface area contributed by atoms with E-state index in [9.17, 15) is 4.79 Å². The number of aryl methyl sites for hydroxylation is 1. The number of nitrogens with one attached hydrogen (secondary N) is 2. The van der Waals surface area contributed by atoms with E-state index in [1.807, 2.05) is 29.8 Å². The molecule has 8 nitrogen and oxygen atoms in total. The Bertz CT molecular complexity index is 1100. The van der Waals surface area contributed by atoms with Crippen molar-refractivity contribution in [2.45, 2.75) is 0 Å². The number of nitrogens with zero attached hydrogens (tertiary/aromatic N) is 4. The van der Waals surface area contributed by atoms with Crippen LogP contribution >= 0.6 is 11.3 Å². The number of nitrogens with two attached hydrogens (primary N) is 1. The fourth-order valence-electron chi connectivity index (χ4n) is 2.71. The number of fused-ring (bicyclic) bond motifs is 2. The molecule has 0 aliphatic rings. The molecule has 0 aliphatic heterocycles. The number of carbonyl (C=O) groups excluding carboxylic acids is 1. The summed E-state index contributed by atoms with van der Waals surface area (Å²) < 4.78 is 2.76. The van der Waals surface area contributed by atoms with Gasteiger partial charge in [0.1, 0.15) is 5.52 Å². The van der Waals surface area contributed by atoms with Gasteiger partial charge < -0.3 is 20.9 Å². The molecule has 0 unspecified atom stereocenters. The molecule has 1 aromatic carbocycles. The first-order chi connectivity index (χ1) is 12.7. The lowest BCUT2D eigenvalue weighted by Gasteiger charge is -2.06. The van der Waals surface area contributed by atoms with Gasteiger partial charge in [0.05, 0.1) is 39.5 Å². The standard InChI is InChI=1S/C17H17N7OS/c1-24-9-21-15-11(3-2-4-12(15)24)22-16(25)10-8-26-13-7-20-17(19-6-5-18)23-14(10)13/h2-4,7-9H,5-6,18H2,1H3,(H,22,25)(H,19,20,23). The second-order valence-electron chi connectivity index (χ2n) is 5.75. The van der Waals surface area contributed by atoms with E-state index in [2.05, 4.69) is 25.6 Å². The first-order valence-electron chi connectivity index (χ1n) is 8.07. The summed E-state index contributed by atoms with van der Waals surface area (Å²) in [5.41, 5.74) is 9.00. The highest BCUT2D eigenvalue weighted by molar-refractivity contribution is 7.17. The fourth-order valence-corrected chi connectivity index (χ4v) is 3.55. The molecule has 3 heterocycles. The Kier molecular flexibility index (Phi) is 4.23. The van der Waals surface area contributed by atoms with E-state index in [-0.39, 0.29) is 5.91 Å². The quantitative estimate of drug-likeness (QED) is 0.499. The summed E-state index contributed by atoms with van der Waals surface area (Å²) in [6.07, 6.45) is 3.44. The molecule has 4 aromatic rings. The van der Waals surface area contributed by atoms with Gasteiger partial charge in [-0.1, -0.05) is 6.07 Å². The molecule has 0 fully saturated rings. The second kappa shape index (κ2) is 6.70. The molecular weight excluding hydrogens is 350 g/mol. The van der Waals surface area contributed by atoms with E-state index >= 15 is 0 Å². The van der Waals surface area contributed by atoms with Gasteiger partial charge in [-0.15, -0.1) is 11.3 Å². The van der Waals surface area contributed by atoms with E-state index in [0.29, 0.717) is 35.8 Å². The highest BCUT2D eigenvalue weighted by Crippen LogP contribution is 2.27. The summed E-state index contributed by atoms with van der Waals surface area (Å²) in [5.74, 6) is 0.236. The molecule has 0 spiro atoms. The zero-order chi connectivity index (χ0) is 18.1. The van der Waals surface area contributed by atoms with Gasteiger partial charge in [0.25, 0.3) is 5.91 Å². The van der Waals surface area contributed by atoms with Gasteiger partial charge in [0, 0.05) is 25.5 Å². The topological polar surface area (TPSA) is 111 Å². The molecule has 26 heavy (non-hydrogen) atoms. The van der Waals surface area contributed by atoms with E-state index in [0.717, 1.165) is 15.7 Å². The number of aromatic nitrogens is 4. The maximum atomic E-state index is 12.8. The van der Waals surface area contributed by atoms with E-state index in [1.54, 1.807) is 17.9 Å². The van der Waals surface area contributed by atoms with Gasteiger partial charge in [-0.2, -0.15) is 0 Å². The summed E-state index contributed by atoms with van der Waals surface area (Å²) in [4.78, 5) is 25.9. The molecule has 4 N–H and O–H groups in total. The van der Waals surface area contributed by atoms with Crippen LogP contribution in [0, 0.1) is 0 Å². The SMILES string of the molecule is Cn1cnc2c(NC(=O)c3csc4cnc(NCCN)nc34)cccc21. The van der Waals surface area contributed by atoms with E-state index < -0.39 is 0 Å². The highest BCUT2D eigenvalue weighted by atomic mass is 32.1. The van der Waals surface area contributed by atoms with Gasteiger partial charge in [-0.25, -0.2) is 15.0 Å². The minimum absolute atomic E-state index is 0.224. The zero-order valence-electron chi connectivity index (χ0n) is 14.1. The van der Waals surface area contributed by atoms with Gasteiger partial charge in [-0.3, -0.25) is 4.79 Å².